The topological polar surface area (TPSA) is 24.5 Å². The molecule has 1 aliphatic rings. The molecule has 1 aromatic rings. The van der Waals surface area contributed by atoms with Crippen LogP contribution in [-0.2, 0) is 11.2 Å². The molecule has 1 saturated heterocycles. The lowest BCUT2D eigenvalue weighted by molar-refractivity contribution is -0.0117. The molecule has 0 radical (unpaired) electrons. The molecule has 2 rings (SSSR count). The molecular weight excluding hydrogens is 260 g/mol. The number of morpholine rings is 1. The largest absolute Gasteiger partial charge is 0.382 e. The number of benzene rings is 1. The number of rotatable bonds is 6. The molecule has 4 heteroatoms. The van der Waals surface area contributed by atoms with E-state index in [0.717, 1.165) is 45.0 Å². The van der Waals surface area contributed by atoms with Gasteiger partial charge in [-0.1, -0.05) is 12.1 Å². The van der Waals surface area contributed by atoms with Gasteiger partial charge >= 0.3 is 0 Å². The average Bonchev–Trinajstić information content (AvgIpc) is 2.43. The second-order valence-corrected chi connectivity index (χ2v) is 5.51. The molecule has 106 valence electrons. The molecule has 0 aliphatic carbocycles. The van der Waals surface area contributed by atoms with E-state index in [1.807, 2.05) is 0 Å². The van der Waals surface area contributed by atoms with Crippen LogP contribution in [0.4, 0.5) is 5.69 Å². The Kier molecular flexibility index (Phi) is 5.95. The number of ether oxygens (including phenoxy) is 1. The van der Waals surface area contributed by atoms with Crippen molar-refractivity contribution in [2.24, 2.45) is 0 Å². The Labute approximate surface area is 120 Å². The first kappa shape index (κ1) is 14.6. The maximum atomic E-state index is 5.74. The molecule has 0 bridgehead atoms. The molecule has 1 fully saturated rings. The first-order chi connectivity index (χ1) is 9.28. The Balaban J connectivity index is 1.81. The van der Waals surface area contributed by atoms with E-state index in [1.165, 1.54) is 11.3 Å². The number of hydrogen-bond acceptors (Lipinski definition) is 3. The summed E-state index contributed by atoms with van der Waals surface area (Å²) in [7, 11) is 2.14. The minimum absolute atomic E-state index is 0.283. The van der Waals surface area contributed by atoms with E-state index in [4.69, 9.17) is 16.3 Å². The highest BCUT2D eigenvalue weighted by atomic mass is 35.5. The van der Waals surface area contributed by atoms with E-state index < -0.39 is 0 Å². The molecular formula is C15H23ClN2O. The van der Waals surface area contributed by atoms with Crippen LogP contribution in [0.25, 0.3) is 0 Å². The van der Waals surface area contributed by atoms with Crippen molar-refractivity contribution in [1.29, 1.82) is 0 Å². The molecule has 1 aromatic carbocycles. The zero-order valence-corrected chi connectivity index (χ0v) is 12.3. The highest BCUT2D eigenvalue weighted by Gasteiger charge is 2.16. The van der Waals surface area contributed by atoms with Gasteiger partial charge in [-0.25, -0.2) is 0 Å². The van der Waals surface area contributed by atoms with Crippen LogP contribution in [-0.4, -0.2) is 50.2 Å². The zero-order valence-electron chi connectivity index (χ0n) is 11.6. The Hall–Kier alpha value is -0.770. The predicted octanol–water partition coefficient (Wildman–Crippen LogP) is 2.60. The van der Waals surface area contributed by atoms with E-state index in [9.17, 15) is 0 Å². The van der Waals surface area contributed by atoms with Crippen molar-refractivity contribution in [1.82, 2.24) is 4.90 Å². The Bertz CT molecular complexity index is 386. The number of likely N-dealkylation sites (N-methyl/N-ethyl adjacent to an activating group) is 1. The lowest BCUT2D eigenvalue weighted by Gasteiger charge is -2.30. The number of aryl methyl sites for hydroxylation is 1. The molecule has 0 amide bonds. The van der Waals surface area contributed by atoms with Crippen LogP contribution in [0.5, 0.6) is 0 Å². The van der Waals surface area contributed by atoms with E-state index in [1.54, 1.807) is 0 Å². The monoisotopic (exact) mass is 282 g/mol. The molecule has 0 spiro atoms. The van der Waals surface area contributed by atoms with Gasteiger partial charge in [0.2, 0.25) is 0 Å². The van der Waals surface area contributed by atoms with Crippen LogP contribution >= 0.6 is 11.6 Å². The van der Waals surface area contributed by atoms with Gasteiger partial charge in [-0.3, -0.25) is 0 Å². The Morgan fingerprint density at radius 1 is 1.47 bits per heavy atom. The summed E-state index contributed by atoms with van der Waals surface area (Å²) in [6, 6.07) is 8.57. The van der Waals surface area contributed by atoms with Crippen molar-refractivity contribution in [2.75, 3.05) is 44.5 Å². The van der Waals surface area contributed by atoms with Crippen LogP contribution in [0, 0.1) is 0 Å². The molecule has 0 saturated carbocycles. The van der Waals surface area contributed by atoms with Crippen molar-refractivity contribution >= 4 is 17.3 Å². The van der Waals surface area contributed by atoms with Crippen molar-refractivity contribution in [3.63, 3.8) is 0 Å². The summed E-state index contributed by atoms with van der Waals surface area (Å²) in [5, 5.41) is 3.47. The van der Waals surface area contributed by atoms with Crippen molar-refractivity contribution in [3.8, 4) is 0 Å². The fourth-order valence-electron chi connectivity index (χ4n) is 2.33. The van der Waals surface area contributed by atoms with Crippen LogP contribution in [0.3, 0.4) is 0 Å². The lowest BCUT2D eigenvalue weighted by atomic mass is 10.1. The van der Waals surface area contributed by atoms with E-state index in [-0.39, 0.29) is 6.10 Å². The van der Waals surface area contributed by atoms with Gasteiger partial charge in [-0.15, -0.1) is 11.6 Å². The number of alkyl halides is 1. The normalized spacial score (nSPS) is 20.4. The minimum atomic E-state index is 0.283. The van der Waals surface area contributed by atoms with Gasteiger partial charge in [0, 0.05) is 31.2 Å². The average molecular weight is 283 g/mol. The number of halogens is 1. The standard InChI is InChI=1S/C15H23ClN2O/c1-18-8-9-19-15(12-18)11-17-14-6-2-4-13(10-14)5-3-7-16/h2,4,6,10,15,17H,3,5,7-9,11-12H2,1H3. The Morgan fingerprint density at radius 2 is 2.37 bits per heavy atom. The summed E-state index contributed by atoms with van der Waals surface area (Å²) in [6.07, 6.45) is 2.36. The Morgan fingerprint density at radius 3 is 3.16 bits per heavy atom. The highest BCUT2D eigenvalue weighted by molar-refractivity contribution is 6.17. The summed E-state index contributed by atoms with van der Waals surface area (Å²) >= 11 is 5.73. The van der Waals surface area contributed by atoms with Gasteiger partial charge in [0.25, 0.3) is 0 Å². The van der Waals surface area contributed by atoms with Gasteiger partial charge in [0.05, 0.1) is 12.7 Å². The second kappa shape index (κ2) is 7.73. The summed E-state index contributed by atoms with van der Waals surface area (Å²) < 4.78 is 5.74. The van der Waals surface area contributed by atoms with Gasteiger partial charge in [-0.2, -0.15) is 0 Å². The second-order valence-electron chi connectivity index (χ2n) is 5.13. The van der Waals surface area contributed by atoms with Crippen LogP contribution in [0.1, 0.15) is 12.0 Å². The van der Waals surface area contributed by atoms with Crippen LogP contribution < -0.4 is 5.32 Å². The van der Waals surface area contributed by atoms with Crippen molar-refractivity contribution < 1.29 is 4.74 Å². The molecule has 3 nitrogen and oxygen atoms in total. The summed E-state index contributed by atoms with van der Waals surface area (Å²) in [5.74, 6) is 0.722. The van der Waals surface area contributed by atoms with E-state index >= 15 is 0 Å². The third-order valence-electron chi connectivity index (χ3n) is 3.40. The fourth-order valence-corrected chi connectivity index (χ4v) is 2.46. The number of anilines is 1. The van der Waals surface area contributed by atoms with Crippen LogP contribution in [0.2, 0.25) is 0 Å². The number of nitrogens with one attached hydrogen (secondary N) is 1. The quantitative estimate of drug-likeness (QED) is 0.812. The predicted molar refractivity (Wildman–Crippen MR) is 81.2 cm³/mol. The third kappa shape index (κ3) is 5.01. The van der Waals surface area contributed by atoms with Crippen molar-refractivity contribution in [2.45, 2.75) is 18.9 Å². The first-order valence-corrected chi connectivity index (χ1v) is 7.50. The SMILES string of the molecule is CN1CCOC(CNc2cccc(CCCCl)c2)C1. The highest BCUT2D eigenvalue weighted by Crippen LogP contribution is 2.13. The maximum Gasteiger partial charge on any atom is 0.0874 e. The smallest absolute Gasteiger partial charge is 0.0874 e. The van der Waals surface area contributed by atoms with Crippen molar-refractivity contribution in [3.05, 3.63) is 29.8 Å². The first-order valence-electron chi connectivity index (χ1n) is 6.97. The maximum absolute atomic E-state index is 5.74. The summed E-state index contributed by atoms with van der Waals surface area (Å²) in [6.45, 7) is 3.73. The molecule has 1 unspecified atom stereocenters. The summed E-state index contributed by atoms with van der Waals surface area (Å²) in [5.41, 5.74) is 2.51. The number of hydrogen-bond donors (Lipinski definition) is 1. The number of nitrogens with zero attached hydrogens (tertiary/aromatic N) is 1. The van der Waals surface area contributed by atoms with Gasteiger partial charge < -0.3 is 15.0 Å². The zero-order chi connectivity index (χ0) is 13.5. The van der Waals surface area contributed by atoms with Gasteiger partial charge in [0.1, 0.15) is 0 Å². The van der Waals surface area contributed by atoms with Gasteiger partial charge in [-0.05, 0) is 37.6 Å². The van der Waals surface area contributed by atoms with E-state index in [2.05, 4.69) is 41.5 Å². The molecule has 1 atom stereocenters. The molecule has 1 heterocycles. The molecule has 1 N–H and O–H groups in total. The lowest BCUT2D eigenvalue weighted by Crippen LogP contribution is -2.43. The van der Waals surface area contributed by atoms with Crippen LogP contribution in [0.15, 0.2) is 24.3 Å². The minimum Gasteiger partial charge on any atom is -0.382 e. The molecule has 19 heavy (non-hydrogen) atoms. The fraction of sp³-hybridized carbons (Fsp3) is 0.600. The third-order valence-corrected chi connectivity index (χ3v) is 3.67. The molecule has 1 aliphatic heterocycles. The van der Waals surface area contributed by atoms with Gasteiger partial charge in [0.15, 0.2) is 0 Å². The molecule has 0 aromatic heterocycles. The summed E-state index contributed by atoms with van der Waals surface area (Å²) in [4.78, 5) is 2.31. The van der Waals surface area contributed by atoms with E-state index in [0.29, 0.717) is 0 Å².